The summed E-state index contributed by atoms with van der Waals surface area (Å²) >= 11 is 0. The second-order valence-electron chi connectivity index (χ2n) is 5.41. The molecule has 2 N–H and O–H groups in total. The van der Waals surface area contributed by atoms with Crippen molar-refractivity contribution in [3.05, 3.63) is 41.5 Å². The molecule has 0 aromatic heterocycles. The predicted molar refractivity (Wildman–Crippen MR) is 81.2 cm³/mol. The van der Waals surface area contributed by atoms with Crippen LogP contribution in [0.15, 0.2) is 30.3 Å². The molecule has 2 unspecified atom stereocenters. The van der Waals surface area contributed by atoms with Crippen LogP contribution in [0.25, 0.3) is 6.08 Å². The van der Waals surface area contributed by atoms with E-state index in [4.69, 9.17) is 5.26 Å². The first-order valence-corrected chi connectivity index (χ1v) is 7.32. The van der Waals surface area contributed by atoms with Crippen molar-refractivity contribution < 1.29 is 9.90 Å². The van der Waals surface area contributed by atoms with Crippen LogP contribution < -0.4 is 5.32 Å². The molecule has 1 amide bonds. The van der Waals surface area contributed by atoms with Gasteiger partial charge in [-0.1, -0.05) is 25.0 Å². The van der Waals surface area contributed by atoms with Gasteiger partial charge in [0, 0.05) is 24.6 Å². The number of hydrogen-bond donors (Lipinski definition) is 2. The minimum absolute atomic E-state index is 0.0614. The molecule has 1 aromatic carbocycles. The molecule has 0 saturated heterocycles. The van der Waals surface area contributed by atoms with Crippen LogP contribution in [0, 0.1) is 17.2 Å². The normalized spacial score (nSPS) is 21.9. The molecular weight excluding hydrogens is 264 g/mol. The van der Waals surface area contributed by atoms with Crippen molar-refractivity contribution in [1.29, 1.82) is 5.26 Å². The molecule has 1 aromatic rings. The van der Waals surface area contributed by atoms with Gasteiger partial charge in [-0.25, -0.2) is 0 Å². The van der Waals surface area contributed by atoms with Gasteiger partial charge in [0.05, 0.1) is 11.6 Å². The third kappa shape index (κ3) is 4.44. The van der Waals surface area contributed by atoms with Crippen LogP contribution in [-0.2, 0) is 4.79 Å². The zero-order chi connectivity index (χ0) is 15.1. The van der Waals surface area contributed by atoms with Gasteiger partial charge >= 0.3 is 0 Å². The molecule has 0 radical (unpaired) electrons. The first kappa shape index (κ1) is 15.3. The lowest BCUT2D eigenvalue weighted by Gasteiger charge is -2.30. The lowest BCUT2D eigenvalue weighted by molar-refractivity contribution is -0.117. The van der Waals surface area contributed by atoms with Gasteiger partial charge in [0.1, 0.15) is 0 Å². The maximum atomic E-state index is 12.0. The van der Waals surface area contributed by atoms with Gasteiger partial charge in [-0.15, -0.1) is 0 Å². The van der Waals surface area contributed by atoms with E-state index in [0.717, 1.165) is 31.2 Å². The quantitative estimate of drug-likeness (QED) is 0.833. The summed E-state index contributed by atoms with van der Waals surface area (Å²) in [6.07, 6.45) is 7.29. The van der Waals surface area contributed by atoms with Crippen molar-refractivity contribution in [1.82, 2.24) is 5.32 Å². The van der Waals surface area contributed by atoms with Gasteiger partial charge in [-0.3, -0.25) is 4.79 Å². The van der Waals surface area contributed by atoms with Crippen LogP contribution in [0.5, 0.6) is 0 Å². The highest BCUT2D eigenvalue weighted by Gasteiger charge is 2.25. The molecule has 0 aliphatic heterocycles. The highest BCUT2D eigenvalue weighted by molar-refractivity contribution is 5.92. The van der Waals surface area contributed by atoms with Gasteiger partial charge in [0.25, 0.3) is 0 Å². The number of nitrogens with one attached hydrogen (secondary N) is 1. The Morgan fingerprint density at radius 3 is 3.00 bits per heavy atom. The van der Waals surface area contributed by atoms with E-state index in [0.29, 0.717) is 5.56 Å². The average Bonchev–Trinajstić information content (AvgIpc) is 2.53. The molecule has 1 aliphatic rings. The number of rotatable bonds is 4. The van der Waals surface area contributed by atoms with E-state index >= 15 is 0 Å². The Kier molecular flexibility index (Phi) is 5.53. The number of nitrogens with zero attached hydrogens (tertiary/aromatic N) is 1. The van der Waals surface area contributed by atoms with Crippen molar-refractivity contribution in [2.75, 3.05) is 6.61 Å². The molecule has 4 heteroatoms. The summed E-state index contributed by atoms with van der Waals surface area (Å²) in [6, 6.07) is 9.24. The monoisotopic (exact) mass is 284 g/mol. The van der Waals surface area contributed by atoms with Crippen LogP contribution in [0.4, 0.5) is 0 Å². The summed E-state index contributed by atoms with van der Waals surface area (Å²) in [5, 5.41) is 21.1. The molecule has 0 bridgehead atoms. The summed E-state index contributed by atoms with van der Waals surface area (Å²) in [5.74, 6) is 0.0146. The van der Waals surface area contributed by atoms with Gasteiger partial charge < -0.3 is 10.4 Å². The van der Waals surface area contributed by atoms with E-state index in [1.54, 1.807) is 24.3 Å². The van der Waals surface area contributed by atoms with E-state index in [-0.39, 0.29) is 24.5 Å². The van der Waals surface area contributed by atoms with E-state index in [9.17, 15) is 9.90 Å². The second-order valence-corrected chi connectivity index (χ2v) is 5.41. The van der Waals surface area contributed by atoms with Crippen molar-refractivity contribution in [3.63, 3.8) is 0 Å². The topological polar surface area (TPSA) is 73.1 Å². The molecule has 2 atom stereocenters. The smallest absolute Gasteiger partial charge is 0.244 e. The number of carbonyl (C=O) groups excluding carboxylic acids is 1. The zero-order valence-corrected chi connectivity index (χ0v) is 12.0. The minimum Gasteiger partial charge on any atom is -0.396 e. The Morgan fingerprint density at radius 2 is 2.24 bits per heavy atom. The van der Waals surface area contributed by atoms with E-state index in [2.05, 4.69) is 11.4 Å². The summed E-state index contributed by atoms with van der Waals surface area (Å²) in [7, 11) is 0. The summed E-state index contributed by atoms with van der Waals surface area (Å²) < 4.78 is 0. The molecule has 1 saturated carbocycles. The lowest BCUT2D eigenvalue weighted by Crippen LogP contribution is -2.42. The number of aliphatic hydroxyl groups excluding tert-OH is 1. The van der Waals surface area contributed by atoms with Gasteiger partial charge in [-0.2, -0.15) is 5.26 Å². The standard InChI is InChI=1S/C17H20N2O2/c18-11-14-5-3-4-13(10-14)8-9-17(21)19-16-7-2-1-6-15(16)12-20/h3-5,8-10,15-16,20H,1-2,6-7,12H2,(H,19,21)/b9-8+. The number of benzene rings is 1. The molecule has 0 heterocycles. The summed E-state index contributed by atoms with van der Waals surface area (Å²) in [6.45, 7) is 0.124. The number of nitriles is 1. The molecule has 21 heavy (non-hydrogen) atoms. The maximum absolute atomic E-state index is 12.0. The molecule has 4 nitrogen and oxygen atoms in total. The Morgan fingerprint density at radius 1 is 1.43 bits per heavy atom. The SMILES string of the molecule is N#Cc1cccc(/C=C/C(=O)NC2CCCCC2CO)c1. The van der Waals surface area contributed by atoms with Gasteiger partial charge in [0.15, 0.2) is 0 Å². The van der Waals surface area contributed by atoms with Crippen molar-refractivity contribution in [2.24, 2.45) is 5.92 Å². The molecular formula is C17H20N2O2. The van der Waals surface area contributed by atoms with E-state index in [1.807, 2.05) is 6.07 Å². The van der Waals surface area contributed by atoms with Gasteiger partial charge in [0.2, 0.25) is 5.91 Å². The Hall–Kier alpha value is -2.12. The number of amides is 1. The van der Waals surface area contributed by atoms with Crippen molar-refractivity contribution >= 4 is 12.0 Å². The summed E-state index contributed by atoms with van der Waals surface area (Å²) in [4.78, 5) is 12.0. The third-order valence-corrected chi connectivity index (χ3v) is 3.91. The van der Waals surface area contributed by atoms with Crippen molar-refractivity contribution in [3.8, 4) is 6.07 Å². The number of carbonyl (C=O) groups is 1. The molecule has 2 rings (SSSR count). The van der Waals surface area contributed by atoms with Crippen LogP contribution in [0.3, 0.4) is 0 Å². The molecule has 0 spiro atoms. The largest absolute Gasteiger partial charge is 0.396 e. The molecule has 110 valence electrons. The van der Waals surface area contributed by atoms with Crippen molar-refractivity contribution in [2.45, 2.75) is 31.7 Å². The lowest BCUT2D eigenvalue weighted by atomic mass is 9.85. The fraction of sp³-hybridized carbons (Fsp3) is 0.412. The minimum atomic E-state index is -0.150. The summed E-state index contributed by atoms with van der Waals surface area (Å²) in [5.41, 5.74) is 1.40. The highest BCUT2D eigenvalue weighted by atomic mass is 16.3. The maximum Gasteiger partial charge on any atom is 0.244 e. The first-order chi connectivity index (χ1) is 10.2. The Bertz CT molecular complexity index is 560. The first-order valence-electron chi connectivity index (χ1n) is 7.32. The highest BCUT2D eigenvalue weighted by Crippen LogP contribution is 2.23. The van der Waals surface area contributed by atoms with Gasteiger partial charge in [-0.05, 0) is 36.6 Å². The number of aliphatic hydroxyl groups is 1. The Labute approximate surface area is 125 Å². The van der Waals surface area contributed by atoms with E-state index in [1.165, 1.54) is 6.08 Å². The average molecular weight is 284 g/mol. The second kappa shape index (κ2) is 7.61. The van der Waals surface area contributed by atoms with E-state index < -0.39 is 0 Å². The fourth-order valence-electron chi connectivity index (χ4n) is 2.73. The predicted octanol–water partition coefficient (Wildman–Crippen LogP) is 2.24. The zero-order valence-electron chi connectivity index (χ0n) is 12.0. The Balaban J connectivity index is 1.94. The van der Waals surface area contributed by atoms with Crippen LogP contribution in [0.2, 0.25) is 0 Å². The van der Waals surface area contributed by atoms with Crippen LogP contribution >= 0.6 is 0 Å². The van der Waals surface area contributed by atoms with Crippen LogP contribution in [0.1, 0.15) is 36.8 Å². The molecule has 1 fully saturated rings. The third-order valence-electron chi connectivity index (χ3n) is 3.91. The molecule has 1 aliphatic carbocycles. The number of hydrogen-bond acceptors (Lipinski definition) is 3. The van der Waals surface area contributed by atoms with Crippen LogP contribution in [-0.4, -0.2) is 23.7 Å². The fourth-order valence-corrected chi connectivity index (χ4v) is 2.73.